The van der Waals surface area contributed by atoms with Gasteiger partial charge < -0.3 is 10.4 Å². The second-order valence-electron chi connectivity index (χ2n) is 4.47. The fourth-order valence-electron chi connectivity index (χ4n) is 2.27. The SMILES string of the molecule is OC1(c2ccc(Cl)cc2C(F)(F)F)CCNCC1. The Kier molecular flexibility index (Phi) is 3.58. The summed E-state index contributed by atoms with van der Waals surface area (Å²) in [7, 11) is 0. The molecule has 0 aromatic heterocycles. The number of hydrogen-bond acceptors (Lipinski definition) is 2. The molecule has 0 spiro atoms. The van der Waals surface area contributed by atoms with E-state index < -0.39 is 17.3 Å². The summed E-state index contributed by atoms with van der Waals surface area (Å²) in [6.07, 6.45) is -3.99. The van der Waals surface area contributed by atoms with Crippen LogP contribution in [0.2, 0.25) is 5.02 Å². The molecule has 0 atom stereocenters. The number of rotatable bonds is 1. The van der Waals surface area contributed by atoms with Gasteiger partial charge in [-0.15, -0.1) is 0 Å². The zero-order chi connectivity index (χ0) is 13.4. The van der Waals surface area contributed by atoms with Gasteiger partial charge in [0.25, 0.3) is 0 Å². The van der Waals surface area contributed by atoms with Crippen LogP contribution in [0.4, 0.5) is 13.2 Å². The molecular formula is C12H13ClF3NO. The van der Waals surface area contributed by atoms with Crippen molar-refractivity contribution in [1.82, 2.24) is 5.32 Å². The third kappa shape index (κ3) is 2.63. The van der Waals surface area contributed by atoms with Gasteiger partial charge in [-0.1, -0.05) is 17.7 Å². The molecule has 2 rings (SSSR count). The van der Waals surface area contributed by atoms with Crippen LogP contribution in [-0.4, -0.2) is 18.2 Å². The summed E-state index contributed by atoms with van der Waals surface area (Å²) in [5.74, 6) is 0. The van der Waals surface area contributed by atoms with Crippen molar-refractivity contribution in [2.24, 2.45) is 0 Å². The number of aliphatic hydroxyl groups is 1. The van der Waals surface area contributed by atoms with Crippen LogP contribution in [0.1, 0.15) is 24.0 Å². The zero-order valence-corrected chi connectivity index (χ0v) is 10.3. The maximum Gasteiger partial charge on any atom is 0.416 e. The summed E-state index contributed by atoms with van der Waals surface area (Å²) >= 11 is 5.61. The second kappa shape index (κ2) is 4.72. The number of hydrogen-bond donors (Lipinski definition) is 2. The first-order chi connectivity index (χ1) is 8.33. The highest BCUT2D eigenvalue weighted by atomic mass is 35.5. The lowest BCUT2D eigenvalue weighted by Crippen LogP contribution is -2.40. The van der Waals surface area contributed by atoms with E-state index in [4.69, 9.17) is 11.6 Å². The third-order valence-electron chi connectivity index (χ3n) is 3.22. The Morgan fingerprint density at radius 3 is 2.39 bits per heavy atom. The van der Waals surface area contributed by atoms with Crippen molar-refractivity contribution in [3.8, 4) is 0 Å². The molecule has 0 aliphatic carbocycles. The lowest BCUT2D eigenvalue weighted by Gasteiger charge is -2.34. The van der Waals surface area contributed by atoms with E-state index in [-0.39, 0.29) is 23.4 Å². The number of nitrogens with one attached hydrogen (secondary N) is 1. The van der Waals surface area contributed by atoms with Gasteiger partial charge in [0.15, 0.2) is 0 Å². The van der Waals surface area contributed by atoms with E-state index >= 15 is 0 Å². The van der Waals surface area contributed by atoms with E-state index in [0.717, 1.165) is 6.07 Å². The summed E-state index contributed by atoms with van der Waals surface area (Å²) in [4.78, 5) is 0. The molecular weight excluding hydrogens is 267 g/mol. The van der Waals surface area contributed by atoms with Gasteiger partial charge in [-0.3, -0.25) is 0 Å². The van der Waals surface area contributed by atoms with E-state index in [1.165, 1.54) is 12.1 Å². The predicted molar refractivity (Wildman–Crippen MR) is 62.5 cm³/mol. The first-order valence-electron chi connectivity index (χ1n) is 5.63. The standard InChI is InChI=1S/C12H13ClF3NO/c13-8-1-2-9(10(7-8)12(14,15)16)11(18)3-5-17-6-4-11/h1-2,7,17-18H,3-6H2. The molecule has 0 saturated carbocycles. The minimum absolute atomic E-state index is 0.0172. The van der Waals surface area contributed by atoms with Gasteiger partial charge in [-0.25, -0.2) is 0 Å². The summed E-state index contributed by atoms with van der Waals surface area (Å²) in [5.41, 5.74) is -2.36. The maximum atomic E-state index is 13.0. The number of piperidine rings is 1. The van der Waals surface area contributed by atoms with Gasteiger partial charge in [0.2, 0.25) is 0 Å². The molecule has 18 heavy (non-hydrogen) atoms. The van der Waals surface area contributed by atoms with E-state index in [1.807, 2.05) is 0 Å². The number of halogens is 4. The van der Waals surface area contributed by atoms with Gasteiger partial charge in [-0.05, 0) is 43.6 Å². The average molecular weight is 280 g/mol. The van der Waals surface area contributed by atoms with Crippen molar-refractivity contribution >= 4 is 11.6 Å². The summed E-state index contributed by atoms with van der Waals surface area (Å²) in [5, 5.41) is 13.4. The fourth-order valence-corrected chi connectivity index (χ4v) is 2.44. The van der Waals surface area contributed by atoms with Crippen molar-refractivity contribution in [1.29, 1.82) is 0 Å². The molecule has 0 bridgehead atoms. The quantitative estimate of drug-likeness (QED) is 0.828. The largest absolute Gasteiger partial charge is 0.416 e. The van der Waals surface area contributed by atoms with Crippen LogP contribution in [0.25, 0.3) is 0 Å². The number of benzene rings is 1. The van der Waals surface area contributed by atoms with Gasteiger partial charge in [0.05, 0.1) is 11.2 Å². The second-order valence-corrected chi connectivity index (χ2v) is 4.91. The minimum atomic E-state index is -4.51. The first-order valence-corrected chi connectivity index (χ1v) is 6.01. The Bertz CT molecular complexity index is 441. The van der Waals surface area contributed by atoms with Gasteiger partial charge in [0.1, 0.15) is 0 Å². The van der Waals surface area contributed by atoms with Crippen LogP contribution >= 0.6 is 11.6 Å². The summed E-state index contributed by atoms with van der Waals surface area (Å²) < 4.78 is 38.9. The van der Waals surface area contributed by atoms with E-state index in [1.54, 1.807) is 0 Å². The van der Waals surface area contributed by atoms with Crippen molar-refractivity contribution in [3.63, 3.8) is 0 Å². The van der Waals surface area contributed by atoms with E-state index in [9.17, 15) is 18.3 Å². The molecule has 6 heteroatoms. The lowest BCUT2D eigenvalue weighted by atomic mass is 9.82. The molecule has 100 valence electrons. The highest BCUT2D eigenvalue weighted by Crippen LogP contribution is 2.41. The van der Waals surface area contributed by atoms with E-state index in [2.05, 4.69) is 5.32 Å². The molecule has 2 N–H and O–H groups in total. The van der Waals surface area contributed by atoms with Gasteiger partial charge >= 0.3 is 6.18 Å². The first kappa shape index (κ1) is 13.6. The van der Waals surface area contributed by atoms with Gasteiger partial charge in [-0.2, -0.15) is 13.2 Å². The smallest absolute Gasteiger partial charge is 0.385 e. The Morgan fingerprint density at radius 1 is 1.22 bits per heavy atom. The molecule has 1 saturated heterocycles. The van der Waals surface area contributed by atoms with Gasteiger partial charge in [0, 0.05) is 5.02 Å². The van der Waals surface area contributed by atoms with E-state index in [0.29, 0.717) is 13.1 Å². The average Bonchev–Trinajstić information content (AvgIpc) is 2.28. The molecule has 1 aliphatic rings. The monoisotopic (exact) mass is 279 g/mol. The molecule has 0 amide bonds. The molecule has 1 fully saturated rings. The van der Waals surface area contributed by atoms with Crippen LogP contribution in [0, 0.1) is 0 Å². The topological polar surface area (TPSA) is 32.3 Å². The fraction of sp³-hybridized carbons (Fsp3) is 0.500. The molecule has 1 aromatic rings. The van der Waals surface area contributed by atoms with Crippen LogP contribution in [-0.2, 0) is 11.8 Å². The predicted octanol–water partition coefficient (Wildman–Crippen LogP) is 2.93. The number of alkyl halides is 3. The highest BCUT2D eigenvalue weighted by molar-refractivity contribution is 6.30. The van der Waals surface area contributed by atoms with Crippen LogP contribution in [0.5, 0.6) is 0 Å². The summed E-state index contributed by atoms with van der Waals surface area (Å²) in [6.45, 7) is 0.993. The van der Waals surface area contributed by atoms with Crippen molar-refractivity contribution in [2.75, 3.05) is 13.1 Å². The Labute approximate surface area is 108 Å². The van der Waals surface area contributed by atoms with Crippen molar-refractivity contribution in [2.45, 2.75) is 24.6 Å². The molecule has 1 aliphatic heterocycles. The normalized spacial score (nSPS) is 19.8. The molecule has 0 radical (unpaired) electrons. The minimum Gasteiger partial charge on any atom is -0.385 e. The van der Waals surface area contributed by atoms with Crippen molar-refractivity contribution < 1.29 is 18.3 Å². The Balaban J connectivity index is 2.49. The lowest BCUT2D eigenvalue weighted by molar-refractivity contribution is -0.141. The van der Waals surface area contributed by atoms with Crippen LogP contribution in [0.15, 0.2) is 18.2 Å². The maximum absolute atomic E-state index is 13.0. The Morgan fingerprint density at radius 2 is 1.83 bits per heavy atom. The molecule has 1 aromatic carbocycles. The molecule has 0 unspecified atom stereocenters. The molecule has 1 heterocycles. The molecule has 2 nitrogen and oxygen atoms in total. The third-order valence-corrected chi connectivity index (χ3v) is 3.45. The van der Waals surface area contributed by atoms with Crippen LogP contribution < -0.4 is 5.32 Å². The zero-order valence-electron chi connectivity index (χ0n) is 9.52. The Hall–Kier alpha value is -0.780. The highest BCUT2D eigenvalue weighted by Gasteiger charge is 2.41. The van der Waals surface area contributed by atoms with Crippen LogP contribution in [0.3, 0.4) is 0 Å². The summed E-state index contributed by atoms with van der Waals surface area (Å²) in [6, 6.07) is 3.53. The van der Waals surface area contributed by atoms with Crippen molar-refractivity contribution in [3.05, 3.63) is 34.3 Å².